The minimum absolute atomic E-state index is 0.00612. The molecule has 0 bridgehead atoms. The fraction of sp³-hybridized carbons (Fsp3) is 0.769. The molecule has 0 aromatic carbocycles. The van der Waals surface area contributed by atoms with Crippen molar-refractivity contribution in [2.75, 3.05) is 5.32 Å². The first-order chi connectivity index (χ1) is 9.16. The third-order valence-corrected chi connectivity index (χ3v) is 4.30. The number of nitrogens with one attached hydrogen (secondary N) is 1. The number of aliphatic hydroxyl groups is 1. The molecule has 0 amide bonds. The summed E-state index contributed by atoms with van der Waals surface area (Å²) in [6.07, 6.45) is 0.212. The fourth-order valence-corrected chi connectivity index (χ4v) is 2.58. The number of aryl methyl sites for hydroxylation is 1. The van der Waals surface area contributed by atoms with E-state index in [1.807, 2.05) is 27.7 Å². The lowest BCUT2D eigenvalue weighted by Gasteiger charge is -2.49. The standard InChI is InChI=1S/C13H22N4O3/c1-7(2)10-11(17(19)20)12(16(5)15-10)14-8-6-9(18)13(8,3)4/h7-9,14,18H,6H2,1-5H3. The number of hydrogen-bond acceptors (Lipinski definition) is 5. The third-order valence-electron chi connectivity index (χ3n) is 4.30. The van der Waals surface area contributed by atoms with E-state index in [1.165, 1.54) is 4.68 Å². The van der Waals surface area contributed by atoms with Crippen LogP contribution >= 0.6 is 0 Å². The number of nitro groups is 1. The van der Waals surface area contributed by atoms with Crippen molar-refractivity contribution in [1.82, 2.24) is 9.78 Å². The van der Waals surface area contributed by atoms with Gasteiger partial charge in [0.15, 0.2) is 0 Å². The minimum Gasteiger partial charge on any atom is -0.392 e. The molecule has 2 N–H and O–H groups in total. The SMILES string of the molecule is CC(C)c1nn(C)c(NC2CC(O)C2(C)C)c1[N+](=O)[O-]. The molecule has 1 aromatic rings. The Morgan fingerprint density at radius 1 is 1.55 bits per heavy atom. The quantitative estimate of drug-likeness (QED) is 0.651. The molecule has 112 valence electrons. The van der Waals surface area contributed by atoms with Gasteiger partial charge in [-0.2, -0.15) is 5.10 Å². The van der Waals surface area contributed by atoms with Crippen molar-refractivity contribution in [3.05, 3.63) is 15.8 Å². The van der Waals surface area contributed by atoms with E-state index >= 15 is 0 Å². The van der Waals surface area contributed by atoms with Crippen LogP contribution in [0, 0.1) is 15.5 Å². The molecule has 1 saturated carbocycles. The van der Waals surface area contributed by atoms with Crippen molar-refractivity contribution >= 4 is 11.5 Å². The van der Waals surface area contributed by atoms with Gasteiger partial charge in [0.25, 0.3) is 0 Å². The molecular weight excluding hydrogens is 260 g/mol. The molecule has 1 aliphatic rings. The Balaban J connectivity index is 2.35. The van der Waals surface area contributed by atoms with Gasteiger partial charge in [0.2, 0.25) is 5.82 Å². The van der Waals surface area contributed by atoms with Crippen LogP contribution in [0.5, 0.6) is 0 Å². The van der Waals surface area contributed by atoms with Crippen molar-refractivity contribution in [3.8, 4) is 0 Å². The molecule has 1 heterocycles. The summed E-state index contributed by atoms with van der Waals surface area (Å²) in [5.74, 6) is 0.404. The molecule has 2 unspecified atom stereocenters. The summed E-state index contributed by atoms with van der Waals surface area (Å²) in [5, 5.41) is 28.6. The van der Waals surface area contributed by atoms with E-state index < -0.39 is 0 Å². The second kappa shape index (κ2) is 4.73. The predicted octanol–water partition coefficient (Wildman–Crippen LogP) is 2.02. The van der Waals surface area contributed by atoms with Gasteiger partial charge >= 0.3 is 5.69 Å². The second-order valence-electron chi connectivity index (χ2n) is 6.39. The maximum Gasteiger partial charge on any atom is 0.334 e. The second-order valence-corrected chi connectivity index (χ2v) is 6.39. The smallest absolute Gasteiger partial charge is 0.334 e. The van der Waals surface area contributed by atoms with E-state index in [-0.39, 0.29) is 34.1 Å². The third kappa shape index (κ3) is 2.15. The van der Waals surface area contributed by atoms with Gasteiger partial charge < -0.3 is 10.4 Å². The number of aliphatic hydroxyl groups excluding tert-OH is 1. The minimum atomic E-state index is -0.382. The Hall–Kier alpha value is -1.63. The van der Waals surface area contributed by atoms with Crippen LogP contribution in [-0.2, 0) is 7.05 Å². The molecule has 7 nitrogen and oxygen atoms in total. The highest BCUT2D eigenvalue weighted by Crippen LogP contribution is 2.44. The maximum absolute atomic E-state index is 11.3. The zero-order valence-corrected chi connectivity index (χ0v) is 12.5. The van der Waals surface area contributed by atoms with Gasteiger partial charge in [0.05, 0.1) is 11.0 Å². The molecule has 7 heteroatoms. The van der Waals surface area contributed by atoms with E-state index in [0.29, 0.717) is 17.9 Å². The number of anilines is 1. The van der Waals surface area contributed by atoms with Crippen molar-refractivity contribution in [1.29, 1.82) is 0 Å². The van der Waals surface area contributed by atoms with Gasteiger partial charge in [0.1, 0.15) is 5.69 Å². The summed E-state index contributed by atoms with van der Waals surface area (Å²) in [5.41, 5.74) is 0.230. The number of rotatable bonds is 4. The number of nitrogens with zero attached hydrogens (tertiary/aromatic N) is 3. The highest BCUT2D eigenvalue weighted by molar-refractivity contribution is 5.61. The van der Waals surface area contributed by atoms with Gasteiger partial charge in [-0.05, 0) is 6.42 Å². The zero-order valence-electron chi connectivity index (χ0n) is 12.5. The van der Waals surface area contributed by atoms with Crippen LogP contribution in [-0.4, -0.2) is 32.0 Å². The molecule has 0 aliphatic heterocycles. The summed E-state index contributed by atoms with van der Waals surface area (Å²) in [7, 11) is 1.70. The van der Waals surface area contributed by atoms with E-state index in [0.717, 1.165) is 0 Å². The lowest BCUT2D eigenvalue weighted by atomic mass is 9.64. The van der Waals surface area contributed by atoms with E-state index in [1.54, 1.807) is 7.05 Å². The Kier molecular flexibility index (Phi) is 3.49. The van der Waals surface area contributed by atoms with Gasteiger partial charge in [-0.25, -0.2) is 4.68 Å². The van der Waals surface area contributed by atoms with Crippen molar-refractivity contribution in [2.45, 2.75) is 52.2 Å². The molecule has 2 rings (SSSR count). The Labute approximate surface area is 118 Å². The zero-order chi connectivity index (χ0) is 15.2. The van der Waals surface area contributed by atoms with Gasteiger partial charge in [-0.1, -0.05) is 27.7 Å². The monoisotopic (exact) mass is 282 g/mol. The Morgan fingerprint density at radius 3 is 2.55 bits per heavy atom. The van der Waals surface area contributed by atoms with Crippen molar-refractivity contribution in [2.24, 2.45) is 12.5 Å². The van der Waals surface area contributed by atoms with E-state index in [9.17, 15) is 15.2 Å². The summed E-state index contributed by atoms with van der Waals surface area (Å²) >= 11 is 0. The highest BCUT2D eigenvalue weighted by atomic mass is 16.6. The van der Waals surface area contributed by atoms with Crippen LogP contribution in [0.25, 0.3) is 0 Å². The van der Waals surface area contributed by atoms with Crippen molar-refractivity contribution in [3.63, 3.8) is 0 Å². The molecule has 0 saturated heterocycles. The number of hydrogen-bond donors (Lipinski definition) is 2. The lowest BCUT2D eigenvalue weighted by Crippen LogP contribution is -2.57. The van der Waals surface area contributed by atoms with Crippen LogP contribution in [0.4, 0.5) is 11.5 Å². The van der Waals surface area contributed by atoms with Crippen molar-refractivity contribution < 1.29 is 10.0 Å². The first-order valence-corrected chi connectivity index (χ1v) is 6.82. The van der Waals surface area contributed by atoms with Gasteiger partial charge in [-0.15, -0.1) is 0 Å². The van der Waals surface area contributed by atoms with Gasteiger partial charge in [-0.3, -0.25) is 10.1 Å². The van der Waals surface area contributed by atoms with Crippen LogP contribution in [0.3, 0.4) is 0 Å². The first kappa shape index (κ1) is 14.8. The molecular formula is C13H22N4O3. The summed E-state index contributed by atoms with van der Waals surface area (Å²) in [4.78, 5) is 11.0. The number of aromatic nitrogens is 2. The average molecular weight is 282 g/mol. The van der Waals surface area contributed by atoms with Crippen LogP contribution in [0.15, 0.2) is 0 Å². The summed E-state index contributed by atoms with van der Waals surface area (Å²) < 4.78 is 1.52. The Bertz CT molecular complexity index is 536. The molecule has 2 atom stereocenters. The van der Waals surface area contributed by atoms with Crippen LogP contribution < -0.4 is 5.32 Å². The van der Waals surface area contributed by atoms with Gasteiger partial charge in [0, 0.05) is 24.4 Å². The molecule has 0 spiro atoms. The molecule has 1 aliphatic carbocycles. The summed E-state index contributed by atoms with van der Waals surface area (Å²) in [6, 6.07) is 0.00612. The predicted molar refractivity (Wildman–Crippen MR) is 75.8 cm³/mol. The lowest BCUT2D eigenvalue weighted by molar-refractivity contribution is -0.384. The highest BCUT2D eigenvalue weighted by Gasteiger charge is 2.48. The molecule has 1 aromatic heterocycles. The topological polar surface area (TPSA) is 93.2 Å². The largest absolute Gasteiger partial charge is 0.392 e. The van der Waals surface area contributed by atoms with Crippen LogP contribution in [0.1, 0.15) is 45.7 Å². The maximum atomic E-state index is 11.3. The molecule has 0 radical (unpaired) electrons. The van der Waals surface area contributed by atoms with E-state index in [4.69, 9.17) is 0 Å². The first-order valence-electron chi connectivity index (χ1n) is 6.82. The molecule has 20 heavy (non-hydrogen) atoms. The normalized spacial score (nSPS) is 24.6. The molecule has 1 fully saturated rings. The fourth-order valence-electron chi connectivity index (χ4n) is 2.58. The summed E-state index contributed by atoms with van der Waals surface area (Å²) in [6.45, 7) is 7.67. The average Bonchev–Trinajstić information content (AvgIpc) is 2.67. The Morgan fingerprint density at radius 2 is 2.15 bits per heavy atom. The van der Waals surface area contributed by atoms with E-state index in [2.05, 4.69) is 10.4 Å². The van der Waals surface area contributed by atoms with Crippen LogP contribution in [0.2, 0.25) is 0 Å².